The molecule has 1 amide bonds. The van der Waals surface area contributed by atoms with Crippen molar-refractivity contribution in [2.24, 2.45) is 0 Å². The summed E-state index contributed by atoms with van der Waals surface area (Å²) in [6.07, 6.45) is 1.58. The summed E-state index contributed by atoms with van der Waals surface area (Å²) >= 11 is 7.25. The van der Waals surface area contributed by atoms with E-state index in [0.29, 0.717) is 27.8 Å². The van der Waals surface area contributed by atoms with E-state index in [1.165, 1.54) is 30.0 Å². The highest BCUT2D eigenvalue weighted by atomic mass is 35.5. The molecule has 10 heteroatoms. The summed E-state index contributed by atoms with van der Waals surface area (Å²) in [5.74, 6) is 0.603. The lowest BCUT2D eigenvalue weighted by atomic mass is 10.2. The predicted molar refractivity (Wildman–Crippen MR) is 101 cm³/mol. The number of thioether (sulfide) groups is 1. The van der Waals surface area contributed by atoms with Crippen LogP contribution in [-0.2, 0) is 5.75 Å². The Balaban J connectivity index is 1.71. The molecule has 0 aliphatic heterocycles. The normalized spacial score (nSPS) is 10.9. The van der Waals surface area contributed by atoms with E-state index in [9.17, 15) is 13.6 Å². The van der Waals surface area contributed by atoms with Gasteiger partial charge in [0.15, 0.2) is 0 Å². The van der Waals surface area contributed by atoms with Gasteiger partial charge in [-0.3, -0.25) is 4.79 Å². The molecule has 3 rings (SSSR count). The first-order valence-corrected chi connectivity index (χ1v) is 9.34. The van der Waals surface area contributed by atoms with Crippen molar-refractivity contribution in [3.63, 3.8) is 0 Å². The van der Waals surface area contributed by atoms with E-state index in [0.717, 1.165) is 5.69 Å². The highest BCUT2D eigenvalue weighted by Gasteiger charge is 2.15. The molecule has 2 heterocycles. The fourth-order valence-electron chi connectivity index (χ4n) is 2.28. The summed E-state index contributed by atoms with van der Waals surface area (Å²) in [6.45, 7) is -1.19. The summed E-state index contributed by atoms with van der Waals surface area (Å²) in [7, 11) is 0. The third-order valence-corrected chi connectivity index (χ3v) is 4.79. The smallest absolute Gasteiger partial charge is 0.387 e. The average Bonchev–Trinajstić information content (AvgIpc) is 3.07. The quantitative estimate of drug-likeness (QED) is 0.526. The van der Waals surface area contributed by atoms with E-state index < -0.39 is 12.5 Å². The van der Waals surface area contributed by atoms with Gasteiger partial charge >= 0.3 is 6.61 Å². The molecule has 0 saturated heterocycles. The number of aryl methyl sites for hydroxylation is 1. The molecule has 0 aliphatic carbocycles. The minimum absolute atomic E-state index is 0.0414. The second-order valence-corrected chi connectivity index (χ2v) is 6.92. The van der Waals surface area contributed by atoms with E-state index >= 15 is 0 Å². The van der Waals surface area contributed by atoms with Crippen LogP contribution in [0.5, 0.6) is 5.75 Å². The molecule has 146 valence electrons. The number of nitrogens with one attached hydrogen (secondary N) is 1. The van der Waals surface area contributed by atoms with Gasteiger partial charge in [0.05, 0.1) is 16.3 Å². The van der Waals surface area contributed by atoms with Gasteiger partial charge in [-0.1, -0.05) is 28.5 Å². The second-order valence-electron chi connectivity index (χ2n) is 5.55. The third kappa shape index (κ3) is 5.20. The van der Waals surface area contributed by atoms with Gasteiger partial charge in [0.1, 0.15) is 16.5 Å². The van der Waals surface area contributed by atoms with Crippen molar-refractivity contribution in [3.8, 4) is 5.75 Å². The zero-order valence-corrected chi connectivity index (χ0v) is 16.1. The van der Waals surface area contributed by atoms with Crippen LogP contribution in [0.4, 0.5) is 14.5 Å². The van der Waals surface area contributed by atoms with Crippen LogP contribution in [0.2, 0.25) is 5.02 Å². The van der Waals surface area contributed by atoms with E-state index in [-0.39, 0.29) is 10.8 Å². The number of anilines is 1. The van der Waals surface area contributed by atoms with Gasteiger partial charge in [-0.2, -0.15) is 8.78 Å². The molecule has 6 nitrogen and oxygen atoms in total. The molecular weight excluding hydrogens is 412 g/mol. The number of amides is 1. The van der Waals surface area contributed by atoms with Gasteiger partial charge in [0.2, 0.25) is 0 Å². The molecule has 0 fully saturated rings. The van der Waals surface area contributed by atoms with Crippen LogP contribution in [0, 0.1) is 6.92 Å². The van der Waals surface area contributed by atoms with Gasteiger partial charge < -0.3 is 14.6 Å². The van der Waals surface area contributed by atoms with Gasteiger partial charge in [0, 0.05) is 23.7 Å². The summed E-state index contributed by atoms with van der Waals surface area (Å²) in [4.78, 5) is 16.9. The van der Waals surface area contributed by atoms with Crippen molar-refractivity contribution in [2.45, 2.75) is 24.3 Å². The van der Waals surface area contributed by atoms with Crippen LogP contribution >= 0.6 is 23.4 Å². The Kier molecular flexibility index (Phi) is 6.48. The Bertz CT molecular complexity index is 984. The Morgan fingerprint density at radius 2 is 2.18 bits per heavy atom. The number of alkyl halides is 2. The molecule has 1 aromatic carbocycles. The standard InChI is InChI=1S/C18H14ClF2N3O3S/c1-10-7-12(24-27-10)9-28-17-13(3-2-6-22-17)16(25)23-11-4-5-15(14(19)8-11)26-18(20)21/h2-8,18H,9H2,1H3,(H,23,25). The molecule has 1 N–H and O–H groups in total. The fraction of sp³-hybridized carbons (Fsp3) is 0.167. The van der Waals surface area contributed by atoms with E-state index in [1.807, 2.05) is 0 Å². The van der Waals surface area contributed by atoms with Crippen molar-refractivity contribution < 1.29 is 22.8 Å². The first-order chi connectivity index (χ1) is 13.4. The molecular formula is C18H14ClF2N3O3S. The first kappa shape index (κ1) is 20.1. The van der Waals surface area contributed by atoms with Crippen molar-refractivity contribution in [3.05, 3.63) is 64.6 Å². The molecule has 0 aliphatic rings. The van der Waals surface area contributed by atoms with Crippen molar-refractivity contribution in [1.29, 1.82) is 0 Å². The van der Waals surface area contributed by atoms with Crippen LogP contribution in [0.1, 0.15) is 21.8 Å². The molecule has 3 aromatic rings. The zero-order chi connectivity index (χ0) is 20.1. The minimum atomic E-state index is -2.98. The van der Waals surface area contributed by atoms with E-state index in [1.54, 1.807) is 31.3 Å². The summed E-state index contributed by atoms with van der Waals surface area (Å²) < 4.78 is 33.9. The van der Waals surface area contributed by atoms with Crippen molar-refractivity contribution >= 4 is 35.0 Å². The highest BCUT2D eigenvalue weighted by Crippen LogP contribution is 2.30. The average molecular weight is 426 g/mol. The Labute approximate surface area is 168 Å². The molecule has 0 atom stereocenters. The summed E-state index contributed by atoms with van der Waals surface area (Å²) in [6, 6.07) is 9.10. The van der Waals surface area contributed by atoms with Crippen LogP contribution < -0.4 is 10.1 Å². The number of rotatable bonds is 7. The maximum atomic E-state index is 12.6. The van der Waals surface area contributed by atoms with E-state index in [2.05, 4.69) is 20.2 Å². The molecule has 0 bridgehead atoms. The number of halogens is 3. The number of nitrogens with zero attached hydrogens (tertiary/aromatic N) is 2. The lowest BCUT2D eigenvalue weighted by Gasteiger charge is -2.11. The molecule has 0 radical (unpaired) electrons. The Hall–Kier alpha value is -2.65. The lowest BCUT2D eigenvalue weighted by Crippen LogP contribution is -2.13. The topological polar surface area (TPSA) is 77.2 Å². The number of carbonyl (C=O) groups excluding carboxylic acids is 1. The van der Waals surface area contributed by atoms with Gasteiger partial charge in [-0.05, 0) is 37.3 Å². The highest BCUT2D eigenvalue weighted by molar-refractivity contribution is 7.98. The van der Waals surface area contributed by atoms with Crippen LogP contribution in [0.25, 0.3) is 0 Å². The number of hydrogen-bond acceptors (Lipinski definition) is 6. The largest absolute Gasteiger partial charge is 0.433 e. The van der Waals surface area contributed by atoms with Gasteiger partial charge in [-0.25, -0.2) is 4.98 Å². The number of hydrogen-bond donors (Lipinski definition) is 1. The number of pyridine rings is 1. The maximum Gasteiger partial charge on any atom is 0.387 e. The second kappa shape index (κ2) is 9.03. The molecule has 0 unspecified atom stereocenters. The number of carbonyl (C=O) groups is 1. The molecule has 0 spiro atoms. The summed E-state index contributed by atoms with van der Waals surface area (Å²) in [5, 5.41) is 7.05. The fourth-order valence-corrected chi connectivity index (χ4v) is 3.37. The Morgan fingerprint density at radius 3 is 2.86 bits per heavy atom. The summed E-state index contributed by atoms with van der Waals surface area (Å²) in [5.41, 5.74) is 1.43. The van der Waals surface area contributed by atoms with Crippen LogP contribution in [0.3, 0.4) is 0 Å². The lowest BCUT2D eigenvalue weighted by molar-refractivity contribution is -0.0497. The Morgan fingerprint density at radius 1 is 1.36 bits per heavy atom. The van der Waals surface area contributed by atoms with Gasteiger partial charge in [-0.15, -0.1) is 0 Å². The van der Waals surface area contributed by atoms with Crippen LogP contribution in [0.15, 0.2) is 52.1 Å². The molecule has 28 heavy (non-hydrogen) atoms. The molecule has 2 aromatic heterocycles. The third-order valence-electron chi connectivity index (χ3n) is 3.46. The predicted octanol–water partition coefficient (Wildman–Crippen LogP) is 5.18. The number of ether oxygens (including phenoxy) is 1. The van der Waals surface area contributed by atoms with Crippen LogP contribution in [-0.4, -0.2) is 22.7 Å². The zero-order valence-electron chi connectivity index (χ0n) is 14.5. The van der Waals surface area contributed by atoms with Gasteiger partial charge in [0.25, 0.3) is 5.91 Å². The minimum Gasteiger partial charge on any atom is -0.433 e. The maximum absolute atomic E-state index is 12.6. The number of aromatic nitrogens is 2. The first-order valence-electron chi connectivity index (χ1n) is 7.98. The van der Waals surface area contributed by atoms with Crippen molar-refractivity contribution in [1.82, 2.24) is 10.1 Å². The monoisotopic (exact) mass is 425 g/mol. The molecule has 0 saturated carbocycles. The van der Waals surface area contributed by atoms with Crippen molar-refractivity contribution in [2.75, 3.05) is 5.32 Å². The van der Waals surface area contributed by atoms with E-state index in [4.69, 9.17) is 16.1 Å². The number of benzene rings is 1. The SMILES string of the molecule is Cc1cc(CSc2ncccc2C(=O)Nc2ccc(OC(F)F)c(Cl)c2)no1.